The molecule has 0 saturated carbocycles. The van der Waals surface area contributed by atoms with E-state index in [0.717, 1.165) is 44.9 Å². The average molecular weight is 1060 g/mol. The monoisotopic (exact) mass is 1060 g/mol. The molecule has 1 rings (SSSR count). The van der Waals surface area contributed by atoms with Gasteiger partial charge in [0.15, 0.2) is 6.29 Å². The zero-order valence-electron chi connectivity index (χ0n) is 48.5. The Morgan fingerprint density at radius 3 is 1.19 bits per heavy atom. The minimum Gasteiger partial charge on any atom is -0.394 e. The van der Waals surface area contributed by atoms with Crippen molar-refractivity contribution in [2.45, 2.75) is 351 Å². The minimum atomic E-state index is -1.67. The summed E-state index contributed by atoms with van der Waals surface area (Å²) in [6.45, 7) is 3.47. The van der Waals surface area contributed by atoms with Gasteiger partial charge in [0.25, 0.3) is 0 Å². The molecule has 442 valence electrons. The summed E-state index contributed by atoms with van der Waals surface area (Å²) < 4.78 is 11.2. The highest BCUT2D eigenvalue weighted by Gasteiger charge is 2.44. The van der Waals surface area contributed by atoms with Crippen molar-refractivity contribution in [1.82, 2.24) is 5.32 Å². The first kappa shape index (κ1) is 71.3. The quantitative estimate of drug-likeness (QED) is 0.0215. The van der Waals surface area contributed by atoms with Crippen LogP contribution in [0.25, 0.3) is 0 Å². The number of hydrogen-bond donors (Lipinski definition) is 8. The fraction of sp³-hybridized carbons (Fsp3) is 0.891. The molecule has 0 aromatic heterocycles. The van der Waals surface area contributed by atoms with Gasteiger partial charge in [0.1, 0.15) is 36.6 Å². The molecular weight excluding hydrogens is 943 g/mol. The Balaban J connectivity index is 2.30. The number of carbonyl (C=O) groups is 1. The van der Waals surface area contributed by atoms with E-state index in [1.54, 1.807) is 0 Å². The Bertz CT molecular complexity index is 1310. The smallest absolute Gasteiger partial charge is 0.249 e. The first-order valence-electron chi connectivity index (χ1n) is 31.9. The molecule has 11 nitrogen and oxygen atoms in total. The van der Waals surface area contributed by atoms with Crippen LogP contribution in [-0.4, -0.2) is 110 Å². The van der Waals surface area contributed by atoms with Crippen LogP contribution < -0.4 is 5.32 Å². The van der Waals surface area contributed by atoms with Crippen molar-refractivity contribution in [2.75, 3.05) is 13.2 Å². The third kappa shape index (κ3) is 41.1. The van der Waals surface area contributed by atoms with Gasteiger partial charge < -0.3 is 50.5 Å². The zero-order valence-corrected chi connectivity index (χ0v) is 48.5. The molecule has 0 aromatic carbocycles. The van der Waals surface area contributed by atoms with Gasteiger partial charge in [-0.05, 0) is 64.2 Å². The van der Waals surface area contributed by atoms with Gasteiger partial charge in [0, 0.05) is 0 Å². The summed E-state index contributed by atoms with van der Waals surface area (Å²) in [6.07, 6.45) is 55.0. The number of aliphatic hydroxyl groups is 7. The summed E-state index contributed by atoms with van der Waals surface area (Å²) in [5.41, 5.74) is 0. The summed E-state index contributed by atoms with van der Waals surface area (Å²) >= 11 is 0. The van der Waals surface area contributed by atoms with Crippen LogP contribution in [0.4, 0.5) is 0 Å². The predicted octanol–water partition coefficient (Wildman–Crippen LogP) is 14.2. The SMILES string of the molecule is CCCCCCCCCCCCCCC/C=C/CC/C=C/CC/C=C/CCCC(O)C(O)C(COC1OC(CO)C(O)C(O)C1O)NC(=O)C(O)CCCCCCCCCCCCCCCCCCCCCCCC. The van der Waals surface area contributed by atoms with Gasteiger partial charge in [-0.1, -0.05) is 269 Å². The van der Waals surface area contributed by atoms with Crippen LogP contribution in [0.5, 0.6) is 0 Å². The molecule has 1 fully saturated rings. The van der Waals surface area contributed by atoms with Crippen molar-refractivity contribution >= 4 is 5.91 Å². The van der Waals surface area contributed by atoms with Gasteiger partial charge in [-0.25, -0.2) is 0 Å². The second-order valence-electron chi connectivity index (χ2n) is 22.5. The van der Waals surface area contributed by atoms with E-state index in [9.17, 15) is 40.5 Å². The lowest BCUT2D eigenvalue weighted by Crippen LogP contribution is -2.60. The lowest BCUT2D eigenvalue weighted by molar-refractivity contribution is -0.303. The molecule has 8 N–H and O–H groups in total. The van der Waals surface area contributed by atoms with Gasteiger partial charge in [-0.3, -0.25) is 4.79 Å². The predicted molar refractivity (Wildman–Crippen MR) is 312 cm³/mol. The number of allylic oxidation sites excluding steroid dienone is 6. The number of hydrogen-bond acceptors (Lipinski definition) is 10. The van der Waals surface area contributed by atoms with Crippen molar-refractivity contribution in [1.29, 1.82) is 0 Å². The Morgan fingerprint density at radius 1 is 0.453 bits per heavy atom. The van der Waals surface area contributed by atoms with Gasteiger partial charge in [-0.15, -0.1) is 0 Å². The number of unbranched alkanes of at least 4 members (excludes halogenated alkanes) is 37. The van der Waals surface area contributed by atoms with E-state index in [2.05, 4.69) is 55.6 Å². The van der Waals surface area contributed by atoms with Crippen LogP contribution in [-0.2, 0) is 14.3 Å². The molecule has 11 heteroatoms. The first-order valence-corrected chi connectivity index (χ1v) is 31.9. The van der Waals surface area contributed by atoms with Gasteiger partial charge in [0.2, 0.25) is 5.91 Å². The van der Waals surface area contributed by atoms with Crippen LogP contribution in [0, 0.1) is 0 Å². The largest absolute Gasteiger partial charge is 0.394 e. The summed E-state index contributed by atoms with van der Waals surface area (Å²) in [6, 6.07) is -1.19. The zero-order chi connectivity index (χ0) is 54.7. The van der Waals surface area contributed by atoms with Crippen molar-refractivity contribution < 1.29 is 50.0 Å². The molecule has 75 heavy (non-hydrogen) atoms. The highest BCUT2D eigenvalue weighted by atomic mass is 16.7. The summed E-state index contributed by atoms with van der Waals surface area (Å²) in [5, 5.41) is 76.3. The summed E-state index contributed by atoms with van der Waals surface area (Å²) in [7, 11) is 0. The topological polar surface area (TPSA) is 189 Å². The highest BCUT2D eigenvalue weighted by molar-refractivity contribution is 5.80. The minimum absolute atomic E-state index is 0.243. The van der Waals surface area contributed by atoms with Gasteiger partial charge in [0.05, 0.1) is 25.4 Å². The number of carbonyl (C=O) groups excluding carboxylic acids is 1. The lowest BCUT2D eigenvalue weighted by Gasteiger charge is -2.40. The number of nitrogens with one attached hydrogen (secondary N) is 1. The number of rotatable bonds is 55. The molecule has 0 radical (unpaired) electrons. The van der Waals surface area contributed by atoms with Crippen molar-refractivity contribution in [2.24, 2.45) is 0 Å². The normalized spacial score (nSPS) is 19.9. The van der Waals surface area contributed by atoms with E-state index in [-0.39, 0.29) is 12.8 Å². The summed E-state index contributed by atoms with van der Waals surface area (Å²) in [5.74, 6) is -0.708. The molecule has 1 aliphatic heterocycles. The van der Waals surface area contributed by atoms with Crippen LogP contribution in [0.3, 0.4) is 0 Å². The van der Waals surface area contributed by atoms with Gasteiger partial charge in [-0.2, -0.15) is 0 Å². The molecule has 9 unspecified atom stereocenters. The molecule has 1 heterocycles. The van der Waals surface area contributed by atoms with E-state index in [1.165, 1.54) is 205 Å². The van der Waals surface area contributed by atoms with Crippen LogP contribution in [0.2, 0.25) is 0 Å². The molecule has 1 amide bonds. The molecule has 0 bridgehead atoms. The highest BCUT2D eigenvalue weighted by Crippen LogP contribution is 2.23. The number of ether oxygens (including phenoxy) is 2. The standard InChI is InChI=1S/C64H121NO10/c1-3-5-7-9-11-13-15-17-19-21-23-25-27-28-29-30-32-33-35-37-39-41-43-45-47-49-51-56(67)59(69)55(54-74-64-62(72)61(71)60(70)58(53-66)75-64)65-63(73)57(68)52-50-48-46-44-42-40-38-36-34-31-26-24-22-20-18-16-14-12-10-8-6-4-2/h29-30,35,37,43,45,55-62,64,66-72H,3-28,31-34,36,38-42,44,46-54H2,1-2H3,(H,65,73)/b30-29+,37-35+,45-43+. The Hall–Kier alpha value is -1.67. The molecule has 0 aromatic rings. The molecular formula is C64H121NO10. The maximum atomic E-state index is 13.2. The third-order valence-corrected chi connectivity index (χ3v) is 15.4. The fourth-order valence-corrected chi connectivity index (χ4v) is 10.2. The van der Waals surface area contributed by atoms with Crippen molar-refractivity contribution in [3.05, 3.63) is 36.5 Å². The maximum Gasteiger partial charge on any atom is 0.249 e. The van der Waals surface area contributed by atoms with Crippen LogP contribution in [0.15, 0.2) is 36.5 Å². The van der Waals surface area contributed by atoms with E-state index in [4.69, 9.17) is 9.47 Å². The second-order valence-corrected chi connectivity index (χ2v) is 22.5. The van der Waals surface area contributed by atoms with E-state index in [0.29, 0.717) is 19.3 Å². The Kier molecular flexibility index (Phi) is 50.4. The number of aliphatic hydroxyl groups excluding tert-OH is 7. The molecule has 0 spiro atoms. The Labute approximate surface area is 460 Å². The van der Waals surface area contributed by atoms with E-state index in [1.807, 2.05) is 0 Å². The van der Waals surface area contributed by atoms with Crippen molar-refractivity contribution in [3.8, 4) is 0 Å². The van der Waals surface area contributed by atoms with Crippen LogP contribution >= 0.6 is 0 Å². The van der Waals surface area contributed by atoms with E-state index < -0.39 is 74.2 Å². The van der Waals surface area contributed by atoms with Crippen LogP contribution in [0.1, 0.15) is 296 Å². The average Bonchev–Trinajstić information content (AvgIpc) is 3.41. The molecule has 0 aliphatic carbocycles. The third-order valence-electron chi connectivity index (χ3n) is 15.4. The lowest BCUT2D eigenvalue weighted by atomic mass is 9.98. The molecule has 1 aliphatic rings. The number of amides is 1. The molecule has 1 saturated heterocycles. The molecule has 9 atom stereocenters. The second kappa shape index (κ2) is 53.0. The summed E-state index contributed by atoms with van der Waals surface area (Å²) in [4.78, 5) is 13.2. The fourth-order valence-electron chi connectivity index (χ4n) is 10.2. The van der Waals surface area contributed by atoms with Crippen molar-refractivity contribution in [3.63, 3.8) is 0 Å². The van der Waals surface area contributed by atoms with Gasteiger partial charge >= 0.3 is 0 Å². The first-order chi connectivity index (χ1) is 36.7. The Morgan fingerprint density at radius 2 is 0.800 bits per heavy atom. The van der Waals surface area contributed by atoms with E-state index >= 15 is 0 Å². The maximum absolute atomic E-state index is 13.2.